The Morgan fingerprint density at radius 2 is 2.00 bits per heavy atom. The highest BCUT2D eigenvalue weighted by molar-refractivity contribution is 6.32. The van der Waals surface area contributed by atoms with Crippen LogP contribution in [0.3, 0.4) is 0 Å². The fourth-order valence-electron chi connectivity index (χ4n) is 4.39. The first-order chi connectivity index (χ1) is 18.6. The molecule has 10 heteroatoms. The summed E-state index contributed by atoms with van der Waals surface area (Å²) in [5.41, 5.74) is 2.02. The molecule has 0 spiro atoms. The van der Waals surface area contributed by atoms with E-state index in [-0.39, 0.29) is 0 Å². The molecule has 1 aromatic heterocycles. The molecule has 4 N–H and O–H groups in total. The van der Waals surface area contributed by atoms with Crippen molar-refractivity contribution in [2.75, 3.05) is 68.5 Å². The van der Waals surface area contributed by atoms with Crippen LogP contribution in [0.25, 0.3) is 0 Å². The largest absolute Gasteiger partial charge is 0.383 e. The highest BCUT2D eigenvalue weighted by atomic mass is 16.5. The summed E-state index contributed by atoms with van der Waals surface area (Å²) in [6, 6.07) is 13.1. The molecule has 10 nitrogen and oxygen atoms in total. The van der Waals surface area contributed by atoms with Gasteiger partial charge in [0.05, 0.1) is 18.9 Å². The molecule has 0 saturated carbocycles. The summed E-state index contributed by atoms with van der Waals surface area (Å²) in [5.74, 6) is 7.80. The number of unbranched alkanes of at least 4 members (excludes halogenated alkanes) is 1. The average Bonchev–Trinajstić information content (AvgIpc) is 2.95. The van der Waals surface area contributed by atoms with Gasteiger partial charge in [-0.15, -0.1) is 0 Å². The molecule has 0 aliphatic carbocycles. The number of likely N-dealkylation sites (tertiary alicyclic amines) is 1. The Kier molecular flexibility index (Phi) is 12.8. The molecule has 1 aromatic carbocycles. The van der Waals surface area contributed by atoms with E-state index in [4.69, 9.17) is 20.5 Å². The zero-order valence-corrected chi connectivity index (χ0v) is 23.3. The summed E-state index contributed by atoms with van der Waals surface area (Å²) in [7, 11) is 1.72. The molecule has 38 heavy (non-hydrogen) atoms. The maximum absolute atomic E-state index is 5.60. The van der Waals surface area contributed by atoms with Crippen molar-refractivity contribution < 1.29 is 4.74 Å². The van der Waals surface area contributed by atoms with Crippen LogP contribution in [0.1, 0.15) is 45.1 Å². The zero-order valence-electron chi connectivity index (χ0n) is 23.3. The van der Waals surface area contributed by atoms with E-state index < -0.39 is 0 Å². The van der Waals surface area contributed by atoms with Gasteiger partial charge in [0, 0.05) is 64.7 Å². The van der Waals surface area contributed by atoms with Gasteiger partial charge in [0.1, 0.15) is 11.6 Å². The van der Waals surface area contributed by atoms with E-state index in [0.29, 0.717) is 30.9 Å². The Balaban J connectivity index is 1.66. The van der Waals surface area contributed by atoms with Gasteiger partial charge in [-0.05, 0) is 31.7 Å². The summed E-state index contributed by atoms with van der Waals surface area (Å²) >= 11 is 0. The lowest BCUT2D eigenvalue weighted by atomic mass is 10.0. The standard InChI is InChI=1S/C28H45N9O/c1-4-6-14-30-20-25(35-29)21-31-28-33-26(19-27(34-28)37(5-2)17-18-38-3)32-24-12-15-36(16-13-24)22-23-10-8-7-9-11-23/h7-11,19-20,24H,4-6,12-18,21-22,29H2,1-3H3,(H2,31,32,33,34)/b30-20?,35-25+. The summed E-state index contributed by atoms with van der Waals surface area (Å²) < 4.78 is 5.31. The molecule has 0 bridgehead atoms. The van der Waals surface area contributed by atoms with E-state index >= 15 is 0 Å². The minimum atomic E-state index is 0.360. The van der Waals surface area contributed by atoms with Gasteiger partial charge in [0.25, 0.3) is 0 Å². The molecule has 2 heterocycles. The molecular formula is C28H45N9O. The van der Waals surface area contributed by atoms with Crippen LogP contribution < -0.4 is 21.4 Å². The van der Waals surface area contributed by atoms with E-state index in [1.807, 2.05) is 6.07 Å². The molecule has 0 amide bonds. The molecule has 0 unspecified atom stereocenters. The number of likely N-dealkylation sites (N-methyl/N-ethyl adjacent to an activating group) is 1. The van der Waals surface area contributed by atoms with Gasteiger partial charge in [-0.1, -0.05) is 43.7 Å². The molecule has 208 valence electrons. The number of piperidine rings is 1. The third-order valence-corrected chi connectivity index (χ3v) is 6.65. The van der Waals surface area contributed by atoms with Crippen molar-refractivity contribution in [3.63, 3.8) is 0 Å². The Labute approximate surface area is 227 Å². The number of anilines is 3. The SMILES string of the molecule is CCCCN=C/C(CNc1nc(NC2CCN(Cc3ccccc3)CC2)cc(N(CC)CCOC)n1)=N\N. The van der Waals surface area contributed by atoms with Crippen LogP contribution >= 0.6 is 0 Å². The summed E-state index contributed by atoms with van der Waals surface area (Å²) in [5, 5.41) is 10.8. The van der Waals surface area contributed by atoms with Crippen LogP contribution in [0, 0.1) is 0 Å². The molecular weight excluding hydrogens is 478 g/mol. The molecule has 1 aliphatic rings. The zero-order chi connectivity index (χ0) is 27.0. The molecule has 0 atom stereocenters. The van der Waals surface area contributed by atoms with Crippen molar-refractivity contribution >= 4 is 29.5 Å². The number of hydrogen-bond donors (Lipinski definition) is 3. The molecule has 2 aromatic rings. The maximum atomic E-state index is 5.60. The van der Waals surface area contributed by atoms with Crippen LogP contribution in [-0.4, -0.2) is 85.8 Å². The van der Waals surface area contributed by atoms with Crippen molar-refractivity contribution in [2.45, 2.75) is 52.1 Å². The van der Waals surface area contributed by atoms with Crippen molar-refractivity contribution in [2.24, 2.45) is 15.9 Å². The summed E-state index contributed by atoms with van der Waals surface area (Å²) in [6.45, 7) is 10.7. The number of benzene rings is 1. The molecule has 1 aliphatic heterocycles. The highest BCUT2D eigenvalue weighted by Crippen LogP contribution is 2.22. The molecule has 0 radical (unpaired) electrons. The number of aliphatic imine (C=N–C) groups is 1. The highest BCUT2D eigenvalue weighted by Gasteiger charge is 2.20. The first kappa shape index (κ1) is 29.3. The van der Waals surface area contributed by atoms with E-state index in [2.05, 4.69) is 74.7 Å². The molecule has 1 saturated heterocycles. The van der Waals surface area contributed by atoms with Crippen LogP contribution in [0.5, 0.6) is 0 Å². The number of hydrazone groups is 1. The Morgan fingerprint density at radius 3 is 2.68 bits per heavy atom. The normalized spacial score (nSPS) is 15.2. The Morgan fingerprint density at radius 1 is 1.21 bits per heavy atom. The number of nitrogens with one attached hydrogen (secondary N) is 2. The van der Waals surface area contributed by atoms with E-state index in [1.54, 1.807) is 13.3 Å². The maximum Gasteiger partial charge on any atom is 0.226 e. The summed E-state index contributed by atoms with van der Waals surface area (Å²) in [6.07, 6.45) is 6.00. The van der Waals surface area contributed by atoms with Crippen molar-refractivity contribution in [3.05, 3.63) is 42.0 Å². The minimum absolute atomic E-state index is 0.360. The first-order valence-electron chi connectivity index (χ1n) is 13.8. The second kappa shape index (κ2) is 16.6. The van der Waals surface area contributed by atoms with Crippen LogP contribution in [-0.2, 0) is 11.3 Å². The predicted molar refractivity (Wildman–Crippen MR) is 159 cm³/mol. The van der Waals surface area contributed by atoms with Gasteiger partial charge in [-0.2, -0.15) is 15.1 Å². The molecule has 3 rings (SSSR count). The number of rotatable bonds is 16. The van der Waals surface area contributed by atoms with Gasteiger partial charge in [0.2, 0.25) is 5.95 Å². The predicted octanol–water partition coefficient (Wildman–Crippen LogP) is 3.62. The van der Waals surface area contributed by atoms with Gasteiger partial charge in [0.15, 0.2) is 0 Å². The number of methoxy groups -OCH3 is 1. The van der Waals surface area contributed by atoms with E-state index in [0.717, 1.165) is 76.6 Å². The van der Waals surface area contributed by atoms with E-state index in [9.17, 15) is 0 Å². The fraction of sp³-hybridized carbons (Fsp3) is 0.571. The second-order valence-corrected chi connectivity index (χ2v) is 9.55. The number of nitrogens with two attached hydrogens (primary N) is 1. The van der Waals surface area contributed by atoms with Crippen molar-refractivity contribution in [1.29, 1.82) is 0 Å². The van der Waals surface area contributed by atoms with Crippen LogP contribution in [0.4, 0.5) is 17.6 Å². The van der Waals surface area contributed by atoms with Gasteiger partial charge >= 0.3 is 0 Å². The van der Waals surface area contributed by atoms with Crippen LogP contribution in [0.2, 0.25) is 0 Å². The lowest BCUT2D eigenvalue weighted by Crippen LogP contribution is -2.39. The Bertz CT molecular complexity index is 991. The third kappa shape index (κ3) is 9.90. The number of nitrogens with zero attached hydrogens (tertiary/aromatic N) is 6. The molecule has 1 fully saturated rings. The number of hydrogen-bond acceptors (Lipinski definition) is 10. The van der Waals surface area contributed by atoms with Gasteiger partial charge < -0.3 is 26.1 Å². The minimum Gasteiger partial charge on any atom is -0.383 e. The quantitative estimate of drug-likeness (QED) is 0.132. The first-order valence-corrected chi connectivity index (χ1v) is 13.8. The smallest absolute Gasteiger partial charge is 0.226 e. The number of aromatic nitrogens is 2. The lowest BCUT2D eigenvalue weighted by Gasteiger charge is -2.33. The number of ether oxygens (including phenoxy) is 1. The monoisotopic (exact) mass is 523 g/mol. The fourth-order valence-corrected chi connectivity index (χ4v) is 4.39. The second-order valence-electron chi connectivity index (χ2n) is 9.55. The third-order valence-electron chi connectivity index (χ3n) is 6.65. The van der Waals surface area contributed by atoms with Gasteiger partial charge in [-0.25, -0.2) is 0 Å². The Hall–Kier alpha value is -3.24. The summed E-state index contributed by atoms with van der Waals surface area (Å²) in [4.78, 5) is 18.7. The van der Waals surface area contributed by atoms with Crippen LogP contribution in [0.15, 0.2) is 46.5 Å². The topological polar surface area (TPSA) is 116 Å². The van der Waals surface area contributed by atoms with Crippen molar-refractivity contribution in [1.82, 2.24) is 14.9 Å². The van der Waals surface area contributed by atoms with Gasteiger partial charge in [-0.3, -0.25) is 9.89 Å². The van der Waals surface area contributed by atoms with E-state index in [1.165, 1.54) is 5.56 Å². The van der Waals surface area contributed by atoms with Crippen molar-refractivity contribution in [3.8, 4) is 0 Å². The average molecular weight is 524 g/mol. The lowest BCUT2D eigenvalue weighted by molar-refractivity contribution is 0.205.